The van der Waals surface area contributed by atoms with Gasteiger partial charge >= 0.3 is 0 Å². The van der Waals surface area contributed by atoms with E-state index >= 15 is 0 Å². The summed E-state index contributed by atoms with van der Waals surface area (Å²) in [6, 6.07) is 5.54. The highest BCUT2D eigenvalue weighted by molar-refractivity contribution is 5.80. The third-order valence-electron chi connectivity index (χ3n) is 1.95. The van der Waals surface area contributed by atoms with Crippen LogP contribution in [0.4, 0.5) is 14.5 Å². The summed E-state index contributed by atoms with van der Waals surface area (Å²) in [5.41, 5.74) is -0.0690. The SMILES string of the molecule is N#CCCNC(=O)CNc1cccc(F)c1F. The number of carbonyl (C=O) groups excluding carboxylic acids is 1. The zero-order chi connectivity index (χ0) is 12.7. The topological polar surface area (TPSA) is 64.9 Å². The van der Waals surface area contributed by atoms with Crippen LogP contribution in [-0.2, 0) is 4.79 Å². The molecule has 1 rings (SSSR count). The Bertz CT molecular complexity index is 443. The van der Waals surface area contributed by atoms with Gasteiger partial charge in [0.1, 0.15) is 0 Å². The van der Waals surface area contributed by atoms with E-state index < -0.39 is 11.6 Å². The summed E-state index contributed by atoms with van der Waals surface area (Å²) >= 11 is 0. The van der Waals surface area contributed by atoms with E-state index in [1.165, 1.54) is 12.1 Å². The molecule has 17 heavy (non-hydrogen) atoms. The molecular weight excluding hydrogens is 228 g/mol. The molecule has 1 amide bonds. The highest BCUT2D eigenvalue weighted by Crippen LogP contribution is 2.15. The Morgan fingerprint density at radius 1 is 1.41 bits per heavy atom. The van der Waals surface area contributed by atoms with Crippen molar-refractivity contribution < 1.29 is 13.6 Å². The fourth-order valence-electron chi connectivity index (χ4n) is 1.14. The first-order chi connectivity index (χ1) is 8.15. The third-order valence-corrected chi connectivity index (χ3v) is 1.95. The van der Waals surface area contributed by atoms with E-state index in [1.54, 1.807) is 0 Å². The quantitative estimate of drug-likeness (QED) is 0.763. The molecule has 4 nitrogen and oxygen atoms in total. The van der Waals surface area contributed by atoms with Crippen molar-refractivity contribution in [1.82, 2.24) is 5.32 Å². The first-order valence-corrected chi connectivity index (χ1v) is 4.96. The number of nitrogens with one attached hydrogen (secondary N) is 2. The second-order valence-electron chi connectivity index (χ2n) is 3.21. The monoisotopic (exact) mass is 239 g/mol. The summed E-state index contributed by atoms with van der Waals surface area (Å²) in [4.78, 5) is 11.2. The highest BCUT2D eigenvalue weighted by atomic mass is 19.2. The maximum Gasteiger partial charge on any atom is 0.239 e. The Morgan fingerprint density at radius 2 is 2.18 bits per heavy atom. The number of amides is 1. The van der Waals surface area contributed by atoms with Gasteiger partial charge < -0.3 is 10.6 Å². The van der Waals surface area contributed by atoms with Crippen LogP contribution in [0.1, 0.15) is 6.42 Å². The molecule has 0 heterocycles. The third kappa shape index (κ3) is 4.07. The zero-order valence-electron chi connectivity index (χ0n) is 8.96. The summed E-state index contributed by atoms with van der Waals surface area (Å²) in [6.45, 7) is 0.0639. The normalized spacial score (nSPS) is 9.47. The van der Waals surface area contributed by atoms with E-state index in [9.17, 15) is 13.6 Å². The minimum atomic E-state index is -1.02. The van der Waals surface area contributed by atoms with Gasteiger partial charge in [0.25, 0.3) is 0 Å². The van der Waals surface area contributed by atoms with Crippen molar-refractivity contribution in [1.29, 1.82) is 5.26 Å². The van der Waals surface area contributed by atoms with Crippen molar-refractivity contribution in [3.8, 4) is 6.07 Å². The number of rotatable bonds is 5. The minimum absolute atomic E-state index is 0.0690. The van der Waals surface area contributed by atoms with Gasteiger partial charge in [-0.25, -0.2) is 8.78 Å². The van der Waals surface area contributed by atoms with E-state index in [-0.39, 0.29) is 31.1 Å². The number of nitriles is 1. The fraction of sp³-hybridized carbons (Fsp3) is 0.273. The molecule has 0 saturated carbocycles. The van der Waals surface area contributed by atoms with Crippen molar-refractivity contribution in [2.24, 2.45) is 0 Å². The van der Waals surface area contributed by atoms with E-state index in [2.05, 4.69) is 10.6 Å². The van der Waals surface area contributed by atoms with Crippen LogP contribution in [-0.4, -0.2) is 19.0 Å². The Morgan fingerprint density at radius 3 is 2.88 bits per heavy atom. The molecule has 0 aliphatic heterocycles. The molecule has 0 radical (unpaired) electrons. The Labute approximate surface area is 97.2 Å². The summed E-state index contributed by atoms with van der Waals surface area (Å²) < 4.78 is 25.9. The van der Waals surface area contributed by atoms with Gasteiger partial charge in [-0.3, -0.25) is 4.79 Å². The Kier molecular flexibility index (Phi) is 4.88. The zero-order valence-corrected chi connectivity index (χ0v) is 8.96. The van der Waals surface area contributed by atoms with Crippen LogP contribution in [0, 0.1) is 23.0 Å². The number of hydrogen-bond acceptors (Lipinski definition) is 3. The summed E-state index contributed by atoms with van der Waals surface area (Å²) in [7, 11) is 0. The lowest BCUT2D eigenvalue weighted by Gasteiger charge is -2.07. The molecule has 0 bridgehead atoms. The molecular formula is C11H11F2N3O. The van der Waals surface area contributed by atoms with Crippen molar-refractivity contribution in [2.75, 3.05) is 18.4 Å². The average molecular weight is 239 g/mol. The van der Waals surface area contributed by atoms with Gasteiger partial charge in [-0.1, -0.05) is 6.07 Å². The molecule has 0 spiro atoms. The first-order valence-electron chi connectivity index (χ1n) is 4.96. The highest BCUT2D eigenvalue weighted by Gasteiger charge is 2.08. The molecule has 6 heteroatoms. The van der Waals surface area contributed by atoms with Gasteiger partial charge in [0.15, 0.2) is 11.6 Å². The molecule has 2 N–H and O–H groups in total. The molecule has 90 valence electrons. The van der Waals surface area contributed by atoms with Crippen LogP contribution in [0.15, 0.2) is 18.2 Å². The lowest BCUT2D eigenvalue weighted by atomic mass is 10.3. The minimum Gasteiger partial charge on any atom is -0.374 e. The molecule has 0 aromatic heterocycles. The van der Waals surface area contributed by atoms with Crippen LogP contribution in [0.3, 0.4) is 0 Å². The molecule has 1 aromatic carbocycles. The van der Waals surface area contributed by atoms with Crippen molar-refractivity contribution >= 4 is 11.6 Å². The van der Waals surface area contributed by atoms with Crippen molar-refractivity contribution in [3.63, 3.8) is 0 Å². The van der Waals surface area contributed by atoms with Gasteiger partial charge in [-0.2, -0.15) is 5.26 Å². The number of carbonyl (C=O) groups is 1. The second kappa shape index (κ2) is 6.43. The smallest absolute Gasteiger partial charge is 0.239 e. The predicted molar refractivity (Wildman–Crippen MR) is 58.1 cm³/mol. The predicted octanol–water partition coefficient (Wildman–Crippen LogP) is 1.41. The van der Waals surface area contributed by atoms with Gasteiger partial charge in [-0.05, 0) is 12.1 Å². The van der Waals surface area contributed by atoms with Crippen LogP contribution in [0.2, 0.25) is 0 Å². The van der Waals surface area contributed by atoms with Crippen LogP contribution >= 0.6 is 0 Å². The van der Waals surface area contributed by atoms with E-state index in [0.29, 0.717) is 0 Å². The van der Waals surface area contributed by atoms with Crippen LogP contribution in [0.5, 0.6) is 0 Å². The number of halogens is 2. The van der Waals surface area contributed by atoms with Gasteiger partial charge in [0.05, 0.1) is 24.7 Å². The Balaban J connectivity index is 2.43. The Hall–Kier alpha value is -2.16. The van der Waals surface area contributed by atoms with Crippen LogP contribution < -0.4 is 10.6 Å². The maximum absolute atomic E-state index is 13.1. The molecule has 0 fully saturated rings. The van der Waals surface area contributed by atoms with Gasteiger partial charge in [0.2, 0.25) is 5.91 Å². The molecule has 0 atom stereocenters. The van der Waals surface area contributed by atoms with Gasteiger partial charge in [-0.15, -0.1) is 0 Å². The maximum atomic E-state index is 13.1. The summed E-state index contributed by atoms with van der Waals surface area (Å²) in [5, 5.41) is 13.2. The standard InChI is InChI=1S/C11H11F2N3O/c12-8-3-1-4-9(11(8)13)16-7-10(17)15-6-2-5-14/h1,3-4,16H,2,6-7H2,(H,15,17). The first kappa shape index (κ1) is 12.9. The van der Waals surface area contributed by atoms with Crippen molar-refractivity contribution in [2.45, 2.75) is 6.42 Å². The number of hydrogen-bond donors (Lipinski definition) is 2. The van der Waals surface area contributed by atoms with E-state index in [0.717, 1.165) is 6.07 Å². The van der Waals surface area contributed by atoms with E-state index in [1.807, 2.05) is 6.07 Å². The average Bonchev–Trinajstić information content (AvgIpc) is 2.31. The van der Waals surface area contributed by atoms with Crippen molar-refractivity contribution in [3.05, 3.63) is 29.8 Å². The van der Waals surface area contributed by atoms with Crippen LogP contribution in [0.25, 0.3) is 0 Å². The largest absolute Gasteiger partial charge is 0.374 e. The lowest BCUT2D eigenvalue weighted by Crippen LogP contribution is -2.30. The van der Waals surface area contributed by atoms with Gasteiger partial charge in [0, 0.05) is 6.54 Å². The molecule has 0 aliphatic carbocycles. The second-order valence-corrected chi connectivity index (χ2v) is 3.21. The summed E-state index contributed by atoms with van der Waals surface area (Å²) in [5.74, 6) is -2.37. The summed E-state index contributed by atoms with van der Waals surface area (Å²) in [6.07, 6.45) is 0.208. The fourth-order valence-corrected chi connectivity index (χ4v) is 1.14. The lowest BCUT2D eigenvalue weighted by molar-refractivity contribution is -0.119. The number of nitrogens with zero attached hydrogens (tertiary/aromatic N) is 1. The number of anilines is 1. The molecule has 0 unspecified atom stereocenters. The molecule has 1 aromatic rings. The number of benzene rings is 1. The molecule has 0 aliphatic rings. The molecule has 0 saturated heterocycles. The van der Waals surface area contributed by atoms with E-state index in [4.69, 9.17) is 5.26 Å².